The fraction of sp³-hybridized carbons (Fsp3) is 0.300. The topological polar surface area (TPSA) is 52.3 Å². The maximum absolute atomic E-state index is 13.2. The van der Waals surface area contributed by atoms with Crippen molar-refractivity contribution >= 4 is 11.5 Å². The highest BCUT2D eigenvalue weighted by molar-refractivity contribution is 5.98. The van der Waals surface area contributed by atoms with Gasteiger partial charge in [0.15, 0.2) is 11.5 Å². The van der Waals surface area contributed by atoms with Crippen molar-refractivity contribution in [2.75, 3.05) is 12.3 Å². The third kappa shape index (κ3) is 1.84. The Balaban J connectivity index is 3.33. The van der Waals surface area contributed by atoms with E-state index in [-0.39, 0.29) is 17.0 Å². The summed E-state index contributed by atoms with van der Waals surface area (Å²) < 4.78 is 18.4. The highest BCUT2D eigenvalue weighted by atomic mass is 19.1. The van der Waals surface area contributed by atoms with E-state index in [4.69, 9.17) is 10.5 Å². The van der Waals surface area contributed by atoms with Crippen LogP contribution in [0.2, 0.25) is 0 Å². The van der Waals surface area contributed by atoms with Crippen molar-refractivity contribution in [1.29, 1.82) is 0 Å². The second-order valence-electron chi connectivity index (χ2n) is 2.83. The number of ether oxygens (including phenoxy) is 1. The molecule has 14 heavy (non-hydrogen) atoms. The SMILES string of the molecule is CCOc1c(N)ccc(F)c1C(C)=O. The molecule has 1 rings (SSSR count). The van der Waals surface area contributed by atoms with Crippen LogP contribution in [0.1, 0.15) is 24.2 Å². The predicted octanol–water partition coefficient (Wildman–Crippen LogP) is 2.01. The van der Waals surface area contributed by atoms with Crippen LogP contribution in [0.5, 0.6) is 5.75 Å². The van der Waals surface area contributed by atoms with Crippen LogP contribution in [0.3, 0.4) is 0 Å². The standard InChI is InChI=1S/C10H12FNO2/c1-3-14-10-8(12)5-4-7(11)9(10)6(2)13/h4-5H,3,12H2,1-2H3. The van der Waals surface area contributed by atoms with Gasteiger partial charge in [0.25, 0.3) is 0 Å². The van der Waals surface area contributed by atoms with Crippen molar-refractivity contribution in [2.45, 2.75) is 13.8 Å². The second-order valence-corrected chi connectivity index (χ2v) is 2.83. The first-order chi connectivity index (χ1) is 6.57. The number of benzene rings is 1. The number of Topliss-reactive ketones (excluding diaryl/α,β-unsaturated/α-hetero) is 1. The lowest BCUT2D eigenvalue weighted by Gasteiger charge is -2.11. The normalized spacial score (nSPS) is 9.93. The Labute approximate surface area is 81.7 Å². The Kier molecular flexibility index (Phi) is 3.06. The summed E-state index contributed by atoms with van der Waals surface area (Å²) in [4.78, 5) is 11.1. The molecule has 76 valence electrons. The van der Waals surface area contributed by atoms with E-state index >= 15 is 0 Å². The number of hydrogen-bond acceptors (Lipinski definition) is 3. The zero-order chi connectivity index (χ0) is 10.7. The first kappa shape index (κ1) is 10.5. The fourth-order valence-electron chi connectivity index (χ4n) is 1.20. The van der Waals surface area contributed by atoms with Gasteiger partial charge in [-0.05, 0) is 26.0 Å². The minimum Gasteiger partial charge on any atom is -0.491 e. The molecule has 1 aromatic rings. The van der Waals surface area contributed by atoms with Crippen molar-refractivity contribution in [3.05, 3.63) is 23.5 Å². The van der Waals surface area contributed by atoms with E-state index in [0.717, 1.165) is 6.07 Å². The van der Waals surface area contributed by atoms with Crippen LogP contribution in [0.25, 0.3) is 0 Å². The van der Waals surface area contributed by atoms with Gasteiger partial charge in [0, 0.05) is 0 Å². The summed E-state index contributed by atoms with van der Waals surface area (Å²) in [5.41, 5.74) is 5.77. The molecule has 2 N–H and O–H groups in total. The van der Waals surface area contributed by atoms with E-state index in [1.807, 2.05) is 0 Å². The van der Waals surface area contributed by atoms with Gasteiger partial charge in [-0.1, -0.05) is 0 Å². The summed E-state index contributed by atoms with van der Waals surface area (Å²) in [6, 6.07) is 2.54. The van der Waals surface area contributed by atoms with Crippen LogP contribution in [0.4, 0.5) is 10.1 Å². The molecule has 0 unspecified atom stereocenters. The highest BCUT2D eigenvalue weighted by Gasteiger charge is 2.16. The van der Waals surface area contributed by atoms with Gasteiger partial charge in [0.1, 0.15) is 5.82 Å². The van der Waals surface area contributed by atoms with Crippen molar-refractivity contribution in [3.8, 4) is 5.75 Å². The summed E-state index contributed by atoms with van der Waals surface area (Å²) in [7, 11) is 0. The molecule has 0 amide bonds. The van der Waals surface area contributed by atoms with Gasteiger partial charge in [-0.2, -0.15) is 0 Å². The lowest BCUT2D eigenvalue weighted by atomic mass is 10.1. The van der Waals surface area contributed by atoms with Gasteiger partial charge < -0.3 is 10.5 Å². The van der Waals surface area contributed by atoms with Gasteiger partial charge in [0.05, 0.1) is 17.9 Å². The van der Waals surface area contributed by atoms with Gasteiger partial charge in [-0.15, -0.1) is 0 Å². The van der Waals surface area contributed by atoms with E-state index in [1.54, 1.807) is 6.92 Å². The molecule has 0 saturated carbocycles. The van der Waals surface area contributed by atoms with E-state index < -0.39 is 11.6 Å². The Morgan fingerprint density at radius 3 is 2.71 bits per heavy atom. The number of halogens is 1. The van der Waals surface area contributed by atoms with E-state index in [1.165, 1.54) is 13.0 Å². The van der Waals surface area contributed by atoms with Crippen molar-refractivity contribution < 1.29 is 13.9 Å². The predicted molar refractivity (Wildman–Crippen MR) is 52.0 cm³/mol. The van der Waals surface area contributed by atoms with Gasteiger partial charge in [-0.25, -0.2) is 4.39 Å². The maximum Gasteiger partial charge on any atom is 0.166 e. The molecule has 0 aliphatic carbocycles. The molecule has 0 saturated heterocycles. The van der Waals surface area contributed by atoms with Gasteiger partial charge in [-0.3, -0.25) is 4.79 Å². The number of hydrogen-bond donors (Lipinski definition) is 1. The lowest BCUT2D eigenvalue weighted by molar-refractivity contribution is 0.101. The third-order valence-electron chi connectivity index (χ3n) is 1.78. The largest absolute Gasteiger partial charge is 0.491 e. The number of nitrogens with two attached hydrogens (primary N) is 1. The molecule has 0 bridgehead atoms. The second kappa shape index (κ2) is 4.09. The number of nitrogen functional groups attached to an aromatic ring is 1. The maximum atomic E-state index is 13.2. The zero-order valence-electron chi connectivity index (χ0n) is 8.13. The summed E-state index contributed by atoms with van der Waals surface area (Å²) in [6.45, 7) is 3.36. The third-order valence-corrected chi connectivity index (χ3v) is 1.78. The van der Waals surface area contributed by atoms with Crippen molar-refractivity contribution in [2.24, 2.45) is 0 Å². The molecule has 0 spiro atoms. The number of anilines is 1. The molecule has 0 aliphatic rings. The number of carbonyl (C=O) groups is 1. The minimum absolute atomic E-state index is 0.0770. The summed E-state index contributed by atoms with van der Waals surface area (Å²) in [5, 5.41) is 0. The molecule has 0 aliphatic heterocycles. The summed E-state index contributed by atoms with van der Waals surface area (Å²) >= 11 is 0. The molecule has 1 aromatic carbocycles. The van der Waals surface area contributed by atoms with E-state index in [2.05, 4.69) is 0 Å². The first-order valence-electron chi connectivity index (χ1n) is 4.29. The number of rotatable bonds is 3. The molecule has 0 fully saturated rings. The smallest absolute Gasteiger partial charge is 0.166 e. The monoisotopic (exact) mass is 197 g/mol. The lowest BCUT2D eigenvalue weighted by Crippen LogP contribution is -2.06. The molecule has 0 aromatic heterocycles. The quantitative estimate of drug-likeness (QED) is 0.595. The molecule has 0 heterocycles. The number of carbonyl (C=O) groups excluding carboxylic acids is 1. The van der Waals surface area contributed by atoms with Crippen molar-refractivity contribution in [3.63, 3.8) is 0 Å². The summed E-state index contributed by atoms with van der Waals surface area (Å²) in [5.74, 6) is -0.853. The molecular formula is C10H12FNO2. The highest BCUT2D eigenvalue weighted by Crippen LogP contribution is 2.29. The van der Waals surface area contributed by atoms with Crippen LogP contribution < -0.4 is 10.5 Å². The van der Waals surface area contributed by atoms with Crippen LogP contribution in [0.15, 0.2) is 12.1 Å². The molecule has 0 radical (unpaired) electrons. The Morgan fingerprint density at radius 2 is 2.21 bits per heavy atom. The molecule has 3 nitrogen and oxygen atoms in total. The Bertz CT molecular complexity index is 363. The van der Waals surface area contributed by atoms with Crippen LogP contribution >= 0.6 is 0 Å². The Morgan fingerprint density at radius 1 is 1.57 bits per heavy atom. The average molecular weight is 197 g/mol. The first-order valence-corrected chi connectivity index (χ1v) is 4.29. The fourth-order valence-corrected chi connectivity index (χ4v) is 1.20. The molecule has 4 heteroatoms. The van der Waals surface area contributed by atoms with Crippen LogP contribution in [-0.2, 0) is 0 Å². The summed E-state index contributed by atoms with van der Waals surface area (Å²) in [6.07, 6.45) is 0. The van der Waals surface area contributed by atoms with Gasteiger partial charge >= 0.3 is 0 Å². The van der Waals surface area contributed by atoms with Gasteiger partial charge in [0.2, 0.25) is 0 Å². The van der Waals surface area contributed by atoms with Crippen molar-refractivity contribution in [1.82, 2.24) is 0 Å². The zero-order valence-corrected chi connectivity index (χ0v) is 8.13. The molecular weight excluding hydrogens is 185 g/mol. The van der Waals surface area contributed by atoms with E-state index in [0.29, 0.717) is 6.61 Å². The minimum atomic E-state index is -0.602. The molecule has 0 atom stereocenters. The van der Waals surface area contributed by atoms with E-state index in [9.17, 15) is 9.18 Å². The average Bonchev–Trinajstić information content (AvgIpc) is 2.11. The van der Waals surface area contributed by atoms with Crippen LogP contribution in [0, 0.1) is 5.82 Å². The number of ketones is 1. The Hall–Kier alpha value is -1.58. The van der Waals surface area contributed by atoms with Crippen LogP contribution in [-0.4, -0.2) is 12.4 Å².